The normalized spacial score (nSPS) is 10.6. The van der Waals surface area contributed by atoms with Crippen molar-refractivity contribution < 1.29 is 4.79 Å². The van der Waals surface area contributed by atoms with Crippen molar-refractivity contribution in [2.75, 3.05) is 5.32 Å². The highest BCUT2D eigenvalue weighted by Gasteiger charge is 2.10. The Morgan fingerprint density at radius 1 is 1.25 bits per heavy atom. The van der Waals surface area contributed by atoms with E-state index in [1.807, 2.05) is 24.4 Å². The van der Waals surface area contributed by atoms with Gasteiger partial charge in [-0.05, 0) is 42.1 Å². The first-order chi connectivity index (χ1) is 11.5. The summed E-state index contributed by atoms with van der Waals surface area (Å²) in [5.41, 5.74) is 1.74. The molecular weight excluding hydrogens is 346 g/mol. The largest absolute Gasteiger partial charge is 0.324 e. The Bertz CT molecular complexity index is 935. The molecule has 0 fully saturated rings. The van der Waals surface area contributed by atoms with Gasteiger partial charge in [0.1, 0.15) is 12.2 Å². The molecule has 0 bridgehead atoms. The van der Waals surface area contributed by atoms with Crippen LogP contribution in [0.2, 0.25) is 5.02 Å². The van der Waals surface area contributed by atoms with E-state index in [0.29, 0.717) is 16.4 Å². The summed E-state index contributed by atoms with van der Waals surface area (Å²) < 4.78 is 1.16. The molecule has 0 unspecified atom stereocenters. The summed E-state index contributed by atoms with van der Waals surface area (Å²) >= 11 is 7.57. The predicted molar refractivity (Wildman–Crippen MR) is 96.6 cm³/mol. The van der Waals surface area contributed by atoms with Crippen LogP contribution in [0.1, 0.15) is 5.56 Å². The third-order valence-electron chi connectivity index (χ3n) is 3.48. The van der Waals surface area contributed by atoms with E-state index in [2.05, 4.69) is 10.4 Å². The fraction of sp³-hybridized carbons (Fsp3) is 0.118. The molecule has 5 nitrogen and oxygen atoms in total. The van der Waals surface area contributed by atoms with Crippen molar-refractivity contribution in [1.82, 2.24) is 9.78 Å². The Morgan fingerprint density at radius 3 is 2.83 bits per heavy atom. The van der Waals surface area contributed by atoms with Crippen LogP contribution in [0.3, 0.4) is 0 Å². The summed E-state index contributed by atoms with van der Waals surface area (Å²) in [4.78, 5) is 25.1. The average Bonchev–Trinajstić information content (AvgIpc) is 3.08. The predicted octanol–water partition coefficient (Wildman–Crippen LogP) is 3.57. The van der Waals surface area contributed by atoms with Crippen LogP contribution < -0.4 is 10.9 Å². The third-order valence-corrected chi connectivity index (χ3v) is 4.78. The summed E-state index contributed by atoms with van der Waals surface area (Å²) in [6.45, 7) is 1.66. The van der Waals surface area contributed by atoms with Gasteiger partial charge in [0.25, 0.3) is 5.56 Å². The van der Waals surface area contributed by atoms with Gasteiger partial charge in [-0.1, -0.05) is 23.7 Å². The molecule has 0 radical (unpaired) electrons. The number of amides is 1. The second kappa shape index (κ2) is 6.98. The molecule has 7 heteroatoms. The van der Waals surface area contributed by atoms with Gasteiger partial charge >= 0.3 is 0 Å². The van der Waals surface area contributed by atoms with E-state index < -0.39 is 0 Å². The Balaban J connectivity index is 1.80. The number of aromatic nitrogens is 2. The highest BCUT2D eigenvalue weighted by atomic mass is 35.5. The molecule has 122 valence electrons. The first-order valence-corrected chi connectivity index (χ1v) is 8.47. The topological polar surface area (TPSA) is 64.0 Å². The number of rotatable bonds is 4. The smallest absolute Gasteiger partial charge is 0.267 e. The van der Waals surface area contributed by atoms with Gasteiger partial charge in [-0.2, -0.15) is 5.10 Å². The van der Waals surface area contributed by atoms with Crippen LogP contribution in [0.5, 0.6) is 0 Å². The summed E-state index contributed by atoms with van der Waals surface area (Å²) in [7, 11) is 0. The number of benzene rings is 1. The molecule has 2 heterocycles. The number of nitrogens with zero attached hydrogens (tertiary/aromatic N) is 2. The summed E-state index contributed by atoms with van der Waals surface area (Å²) in [6.07, 6.45) is 0. The lowest BCUT2D eigenvalue weighted by Gasteiger charge is -2.10. The van der Waals surface area contributed by atoms with E-state index in [1.165, 1.54) is 17.4 Å². The van der Waals surface area contributed by atoms with E-state index in [1.54, 1.807) is 24.3 Å². The minimum absolute atomic E-state index is 0.163. The van der Waals surface area contributed by atoms with Crippen LogP contribution >= 0.6 is 22.9 Å². The summed E-state index contributed by atoms with van der Waals surface area (Å²) in [5.74, 6) is -0.335. The maximum absolute atomic E-state index is 12.2. The number of halogens is 1. The van der Waals surface area contributed by atoms with Crippen LogP contribution in [0.15, 0.2) is 52.6 Å². The number of hydrogen-bond acceptors (Lipinski definition) is 4. The minimum atomic E-state index is -0.335. The van der Waals surface area contributed by atoms with Crippen molar-refractivity contribution in [1.29, 1.82) is 0 Å². The van der Waals surface area contributed by atoms with E-state index in [4.69, 9.17) is 11.6 Å². The lowest BCUT2D eigenvalue weighted by molar-refractivity contribution is -0.117. The van der Waals surface area contributed by atoms with Gasteiger partial charge in [-0.3, -0.25) is 9.59 Å². The Morgan fingerprint density at radius 2 is 2.08 bits per heavy atom. The van der Waals surface area contributed by atoms with Crippen molar-refractivity contribution in [2.45, 2.75) is 13.5 Å². The SMILES string of the molecule is Cc1c(Cl)cccc1NC(=O)Cn1nc(-c2cccs2)ccc1=O. The number of anilines is 1. The number of thiophene rings is 1. The van der Waals surface area contributed by atoms with E-state index >= 15 is 0 Å². The van der Waals surface area contributed by atoms with Gasteiger partial charge in [-0.15, -0.1) is 11.3 Å². The molecule has 1 amide bonds. The highest BCUT2D eigenvalue weighted by molar-refractivity contribution is 7.13. The Kier molecular flexibility index (Phi) is 4.78. The molecule has 0 saturated carbocycles. The monoisotopic (exact) mass is 359 g/mol. The third kappa shape index (κ3) is 3.55. The molecule has 1 aromatic carbocycles. The van der Waals surface area contributed by atoms with E-state index in [9.17, 15) is 9.59 Å². The maximum atomic E-state index is 12.2. The van der Waals surface area contributed by atoms with Crippen LogP contribution in [0.4, 0.5) is 5.69 Å². The molecule has 0 aliphatic rings. The molecular formula is C17H14ClN3O2S. The molecule has 0 aliphatic heterocycles. The average molecular weight is 360 g/mol. The molecule has 2 aromatic heterocycles. The Labute approximate surface area is 147 Å². The highest BCUT2D eigenvalue weighted by Crippen LogP contribution is 2.23. The molecule has 0 spiro atoms. The van der Waals surface area contributed by atoms with Gasteiger partial charge in [0, 0.05) is 16.8 Å². The number of hydrogen-bond donors (Lipinski definition) is 1. The zero-order valence-corrected chi connectivity index (χ0v) is 14.4. The number of carbonyl (C=O) groups excluding carboxylic acids is 1. The van der Waals surface area contributed by atoms with Crippen molar-refractivity contribution in [3.05, 3.63) is 68.8 Å². The summed E-state index contributed by atoms with van der Waals surface area (Å²) in [6, 6.07) is 12.2. The van der Waals surface area contributed by atoms with Gasteiger partial charge in [-0.25, -0.2) is 4.68 Å². The Hall–Kier alpha value is -2.44. The second-order valence-corrected chi connectivity index (χ2v) is 6.51. The van der Waals surface area contributed by atoms with Crippen molar-refractivity contribution in [2.24, 2.45) is 0 Å². The fourth-order valence-electron chi connectivity index (χ4n) is 2.19. The van der Waals surface area contributed by atoms with Crippen LogP contribution in [0.25, 0.3) is 10.6 Å². The molecule has 24 heavy (non-hydrogen) atoms. The molecule has 0 atom stereocenters. The van der Waals surface area contributed by atoms with Gasteiger partial charge in [0.05, 0.1) is 4.88 Å². The minimum Gasteiger partial charge on any atom is -0.324 e. The molecule has 0 saturated heterocycles. The zero-order valence-electron chi connectivity index (χ0n) is 12.8. The van der Waals surface area contributed by atoms with Crippen molar-refractivity contribution >= 4 is 34.5 Å². The van der Waals surface area contributed by atoms with Crippen molar-refractivity contribution in [3.8, 4) is 10.6 Å². The zero-order chi connectivity index (χ0) is 17.1. The first kappa shape index (κ1) is 16.4. The second-order valence-electron chi connectivity index (χ2n) is 5.15. The van der Waals surface area contributed by atoms with Crippen molar-refractivity contribution in [3.63, 3.8) is 0 Å². The quantitative estimate of drug-likeness (QED) is 0.774. The van der Waals surface area contributed by atoms with Gasteiger partial charge < -0.3 is 5.32 Å². The molecule has 3 aromatic rings. The van der Waals surface area contributed by atoms with Crippen LogP contribution in [0, 0.1) is 6.92 Å². The van der Waals surface area contributed by atoms with Crippen LogP contribution in [-0.2, 0) is 11.3 Å². The molecule has 0 aliphatic carbocycles. The standard InChI is InChI=1S/C17H14ClN3O2S/c1-11-12(18)4-2-5-13(11)19-16(22)10-21-17(23)8-7-14(20-21)15-6-3-9-24-15/h2-9H,10H2,1H3,(H,19,22). The summed E-state index contributed by atoms with van der Waals surface area (Å²) in [5, 5.41) is 9.53. The fourth-order valence-corrected chi connectivity index (χ4v) is 3.05. The lowest BCUT2D eigenvalue weighted by Crippen LogP contribution is -2.29. The maximum Gasteiger partial charge on any atom is 0.267 e. The number of carbonyl (C=O) groups is 1. The van der Waals surface area contributed by atoms with E-state index in [0.717, 1.165) is 15.1 Å². The lowest BCUT2D eigenvalue weighted by atomic mass is 10.2. The van der Waals surface area contributed by atoms with E-state index in [-0.39, 0.29) is 18.0 Å². The van der Waals surface area contributed by atoms with Gasteiger partial charge in [0.15, 0.2) is 0 Å². The molecule has 1 N–H and O–H groups in total. The molecule has 3 rings (SSSR count). The first-order valence-electron chi connectivity index (χ1n) is 7.21. The number of nitrogens with one attached hydrogen (secondary N) is 1. The van der Waals surface area contributed by atoms with Crippen LogP contribution in [-0.4, -0.2) is 15.7 Å². The van der Waals surface area contributed by atoms with Gasteiger partial charge in [0.2, 0.25) is 5.91 Å².